The highest BCUT2D eigenvalue weighted by molar-refractivity contribution is 9.11. The third kappa shape index (κ3) is 5.34. The van der Waals surface area contributed by atoms with E-state index in [1.54, 1.807) is 30.3 Å². The molecule has 6 nitrogen and oxygen atoms in total. The molecule has 1 saturated heterocycles. The van der Waals surface area contributed by atoms with Gasteiger partial charge in [0.25, 0.3) is 5.91 Å². The van der Waals surface area contributed by atoms with Crippen LogP contribution in [-0.2, 0) is 11.4 Å². The Labute approximate surface area is 221 Å². The summed E-state index contributed by atoms with van der Waals surface area (Å²) in [4.78, 5) is 14.5. The number of nitrogens with zero attached hydrogens (tertiary/aromatic N) is 1. The molecule has 170 valence electrons. The number of benzene rings is 2. The van der Waals surface area contributed by atoms with Crippen LogP contribution >= 0.6 is 60.0 Å². The van der Waals surface area contributed by atoms with E-state index in [1.165, 1.54) is 4.90 Å². The predicted molar refractivity (Wildman–Crippen MR) is 141 cm³/mol. The van der Waals surface area contributed by atoms with Gasteiger partial charge in [-0.2, -0.15) is 0 Å². The summed E-state index contributed by atoms with van der Waals surface area (Å²) in [5.41, 5.74) is 0.899. The van der Waals surface area contributed by atoms with E-state index in [9.17, 15) is 4.79 Å². The number of amides is 1. The topological polar surface area (TPSA) is 63.9 Å². The summed E-state index contributed by atoms with van der Waals surface area (Å²) in [7, 11) is 0. The number of ether oxygens (including phenoxy) is 2. The molecule has 1 amide bonds. The van der Waals surface area contributed by atoms with Gasteiger partial charge in [0, 0.05) is 10.5 Å². The van der Waals surface area contributed by atoms with Gasteiger partial charge in [-0.3, -0.25) is 4.79 Å². The van der Waals surface area contributed by atoms with Gasteiger partial charge >= 0.3 is 0 Å². The second kappa shape index (κ2) is 10.4. The Morgan fingerprint density at radius 3 is 2.55 bits per heavy atom. The van der Waals surface area contributed by atoms with Crippen molar-refractivity contribution in [2.45, 2.75) is 13.5 Å². The minimum atomic E-state index is -0.288. The van der Waals surface area contributed by atoms with E-state index in [0.29, 0.717) is 41.0 Å². The second-order valence-electron chi connectivity index (χ2n) is 6.82. The Hall–Kier alpha value is -2.14. The Balaban J connectivity index is 1.50. The van der Waals surface area contributed by atoms with Crippen LogP contribution in [-0.4, -0.2) is 17.6 Å². The molecule has 3 aromatic rings. The van der Waals surface area contributed by atoms with Crippen LogP contribution in [0.25, 0.3) is 6.08 Å². The van der Waals surface area contributed by atoms with Crippen LogP contribution in [0.3, 0.4) is 0 Å². The lowest BCUT2D eigenvalue weighted by Gasteiger charge is -2.17. The largest absolute Gasteiger partial charge is 0.492 e. The number of furan rings is 1. The first kappa shape index (κ1) is 24.0. The maximum atomic E-state index is 13.1. The fourth-order valence-electron chi connectivity index (χ4n) is 3.18. The van der Waals surface area contributed by atoms with Gasteiger partial charge in [0.05, 0.1) is 21.2 Å². The number of hydrogen-bond acceptors (Lipinski definition) is 5. The lowest BCUT2D eigenvalue weighted by molar-refractivity contribution is -0.113. The number of thiocarbonyl (C=S) groups is 1. The molecule has 0 spiro atoms. The molecule has 2 aromatic carbocycles. The molecule has 1 N–H and O–H groups in total. The minimum Gasteiger partial charge on any atom is -0.492 e. The van der Waals surface area contributed by atoms with Crippen molar-refractivity contribution >= 4 is 82.8 Å². The lowest BCUT2D eigenvalue weighted by Crippen LogP contribution is -2.30. The first-order valence-corrected chi connectivity index (χ1v) is 12.6. The maximum absolute atomic E-state index is 13.1. The monoisotopic (exact) mass is 654 g/mol. The van der Waals surface area contributed by atoms with Crippen molar-refractivity contribution in [1.29, 1.82) is 0 Å². The molecule has 0 aliphatic carbocycles. The molecule has 0 radical (unpaired) electrons. The standard InChI is InChI=1S/C23H17Br3N2O4S/c1-2-30-20-6-4-3-5-19(20)28-22(29)18(27-23(28)33)11-14-7-8-15(32-14)12-31-21-16(25)9-13(24)10-17(21)26/h3-11H,2,12H2,1H3,(H,27,33)/b18-11+. The number of carbonyl (C=O) groups is 1. The van der Waals surface area contributed by atoms with E-state index in [0.717, 1.165) is 13.4 Å². The van der Waals surface area contributed by atoms with Gasteiger partial charge in [-0.15, -0.1) is 0 Å². The van der Waals surface area contributed by atoms with Crippen LogP contribution in [0.4, 0.5) is 5.69 Å². The molecule has 33 heavy (non-hydrogen) atoms. The van der Waals surface area contributed by atoms with Crippen molar-refractivity contribution in [2.75, 3.05) is 11.5 Å². The van der Waals surface area contributed by atoms with Gasteiger partial charge in [-0.1, -0.05) is 28.1 Å². The highest BCUT2D eigenvalue weighted by Crippen LogP contribution is 2.37. The van der Waals surface area contributed by atoms with Crippen LogP contribution in [0, 0.1) is 0 Å². The molecule has 2 heterocycles. The molecular weight excluding hydrogens is 640 g/mol. The molecule has 0 saturated carbocycles. The Bertz CT molecular complexity index is 1240. The molecule has 1 aliphatic rings. The van der Waals surface area contributed by atoms with Gasteiger partial charge in [-0.25, -0.2) is 4.90 Å². The van der Waals surface area contributed by atoms with Gasteiger partial charge in [-0.05, 0) is 87.4 Å². The summed E-state index contributed by atoms with van der Waals surface area (Å²) in [6, 6.07) is 14.6. The van der Waals surface area contributed by atoms with Gasteiger partial charge in [0.2, 0.25) is 0 Å². The van der Waals surface area contributed by atoms with E-state index in [4.69, 9.17) is 26.1 Å². The lowest BCUT2D eigenvalue weighted by atomic mass is 10.2. The highest BCUT2D eigenvalue weighted by Gasteiger charge is 2.34. The van der Waals surface area contributed by atoms with Crippen LogP contribution in [0.2, 0.25) is 0 Å². The summed E-state index contributed by atoms with van der Waals surface area (Å²) in [5.74, 6) is 2.07. The average Bonchev–Trinajstić information content (AvgIpc) is 3.32. The molecule has 1 aromatic heterocycles. The van der Waals surface area contributed by atoms with E-state index in [2.05, 4.69) is 53.1 Å². The summed E-state index contributed by atoms with van der Waals surface area (Å²) in [5, 5.41) is 3.24. The summed E-state index contributed by atoms with van der Waals surface area (Å²) in [6.07, 6.45) is 1.62. The van der Waals surface area contributed by atoms with Crippen LogP contribution in [0.15, 0.2) is 72.1 Å². The molecule has 0 atom stereocenters. The summed E-state index contributed by atoms with van der Waals surface area (Å²) < 4.78 is 19.9. The number of halogens is 3. The summed E-state index contributed by atoms with van der Waals surface area (Å²) >= 11 is 15.8. The van der Waals surface area contributed by atoms with Crippen LogP contribution in [0.5, 0.6) is 11.5 Å². The minimum absolute atomic E-state index is 0.218. The van der Waals surface area contributed by atoms with E-state index >= 15 is 0 Å². The first-order chi connectivity index (χ1) is 15.9. The number of hydrogen-bond donors (Lipinski definition) is 1. The van der Waals surface area contributed by atoms with Crippen molar-refractivity contribution in [3.8, 4) is 11.5 Å². The molecule has 0 bridgehead atoms. The number of carbonyl (C=O) groups excluding carboxylic acids is 1. The smallest absolute Gasteiger partial charge is 0.281 e. The zero-order valence-electron chi connectivity index (χ0n) is 17.2. The fraction of sp³-hybridized carbons (Fsp3) is 0.130. The first-order valence-electron chi connectivity index (χ1n) is 9.82. The summed E-state index contributed by atoms with van der Waals surface area (Å²) in [6.45, 7) is 2.58. The normalized spacial score (nSPS) is 14.7. The highest BCUT2D eigenvalue weighted by atomic mass is 79.9. The predicted octanol–water partition coefficient (Wildman–Crippen LogP) is 6.81. The van der Waals surface area contributed by atoms with Crippen molar-refractivity contribution in [2.24, 2.45) is 0 Å². The third-order valence-electron chi connectivity index (χ3n) is 4.58. The van der Waals surface area contributed by atoms with Crippen molar-refractivity contribution < 1.29 is 18.7 Å². The Morgan fingerprint density at radius 1 is 1.09 bits per heavy atom. The van der Waals surface area contributed by atoms with Crippen LogP contribution in [0.1, 0.15) is 18.4 Å². The number of anilines is 1. The van der Waals surface area contributed by atoms with E-state index < -0.39 is 0 Å². The third-order valence-corrected chi connectivity index (χ3v) is 6.50. The van der Waals surface area contributed by atoms with Gasteiger partial charge < -0.3 is 19.2 Å². The van der Waals surface area contributed by atoms with Gasteiger partial charge in [0.15, 0.2) is 5.11 Å². The van der Waals surface area contributed by atoms with Crippen molar-refractivity contribution in [3.63, 3.8) is 0 Å². The Morgan fingerprint density at radius 2 is 1.82 bits per heavy atom. The van der Waals surface area contributed by atoms with E-state index in [-0.39, 0.29) is 17.6 Å². The molecule has 0 unspecified atom stereocenters. The zero-order chi connectivity index (χ0) is 23.5. The van der Waals surface area contributed by atoms with Crippen molar-refractivity contribution in [3.05, 3.63) is 79.2 Å². The fourth-order valence-corrected chi connectivity index (χ4v) is 5.95. The maximum Gasteiger partial charge on any atom is 0.281 e. The molecule has 10 heteroatoms. The number of rotatable bonds is 7. The van der Waals surface area contributed by atoms with Gasteiger partial charge in [0.1, 0.15) is 35.3 Å². The average molecular weight is 657 g/mol. The SMILES string of the molecule is CCOc1ccccc1N1C(=O)/C(=C\c2ccc(COc3c(Br)cc(Br)cc3Br)o2)NC1=S. The Kier molecular flexibility index (Phi) is 7.58. The second-order valence-corrected chi connectivity index (χ2v) is 9.83. The number of nitrogens with one attached hydrogen (secondary N) is 1. The molecule has 1 aliphatic heterocycles. The van der Waals surface area contributed by atoms with Crippen molar-refractivity contribution in [1.82, 2.24) is 5.32 Å². The molecule has 1 fully saturated rings. The molecular formula is C23H17Br3N2O4S. The molecule has 4 rings (SSSR count). The number of para-hydroxylation sites is 2. The van der Waals surface area contributed by atoms with Crippen LogP contribution < -0.4 is 19.7 Å². The van der Waals surface area contributed by atoms with E-state index in [1.807, 2.05) is 31.2 Å². The zero-order valence-corrected chi connectivity index (χ0v) is 22.8. The quantitative estimate of drug-likeness (QED) is 0.223.